The zero-order valence-corrected chi connectivity index (χ0v) is 20.8. The number of hydrogen-bond donors (Lipinski definition) is 2. The van der Waals surface area contributed by atoms with Crippen LogP contribution < -0.4 is 15.8 Å². The van der Waals surface area contributed by atoms with E-state index in [2.05, 4.69) is 56.5 Å². The third-order valence-corrected chi connectivity index (χ3v) is 5.09. The highest BCUT2D eigenvalue weighted by atomic mass is 127. The first kappa shape index (κ1) is 25.7. The third-order valence-electron chi connectivity index (χ3n) is 5.09. The van der Waals surface area contributed by atoms with Gasteiger partial charge in [-0.05, 0) is 23.3 Å². The molecule has 7 nitrogen and oxygen atoms in total. The highest BCUT2D eigenvalue weighted by Gasteiger charge is 2.18. The average molecular weight is 549 g/mol. The molecule has 1 heterocycles. The minimum atomic E-state index is -0.487. The summed E-state index contributed by atoms with van der Waals surface area (Å²) in [6, 6.07) is 18.0. The molecule has 0 saturated carbocycles. The first-order valence-corrected chi connectivity index (χ1v) is 10.5. The molecule has 0 unspecified atom stereocenters. The number of hydrogen-bond acceptors (Lipinski definition) is 4. The predicted molar refractivity (Wildman–Crippen MR) is 140 cm³/mol. The Morgan fingerprint density at radius 2 is 1.88 bits per heavy atom. The van der Waals surface area contributed by atoms with Crippen molar-refractivity contribution in [1.82, 2.24) is 15.1 Å². The van der Waals surface area contributed by atoms with Crippen LogP contribution in [-0.2, 0) is 11.3 Å². The minimum absolute atomic E-state index is 0. The smallest absolute Gasteiger partial charge is 0.255 e. The molecular weight excluding hydrogens is 517 g/mol. The number of nitrogens with two attached hydrogens (primary N) is 1. The summed E-state index contributed by atoms with van der Waals surface area (Å²) in [7, 11) is 1.81. The molecule has 1 aliphatic rings. The van der Waals surface area contributed by atoms with Crippen molar-refractivity contribution >= 4 is 41.9 Å². The molecule has 1 fully saturated rings. The van der Waals surface area contributed by atoms with E-state index in [-0.39, 0.29) is 30.6 Å². The van der Waals surface area contributed by atoms with Crippen molar-refractivity contribution in [2.24, 2.45) is 10.7 Å². The van der Waals surface area contributed by atoms with Gasteiger partial charge in [0.2, 0.25) is 0 Å². The van der Waals surface area contributed by atoms with Crippen molar-refractivity contribution in [2.75, 3.05) is 46.4 Å². The normalized spacial score (nSPS) is 14.8. The highest BCUT2D eigenvalue weighted by molar-refractivity contribution is 14.0. The predicted octanol–water partition coefficient (Wildman–Crippen LogP) is 2.58. The molecule has 3 rings (SSSR count). The van der Waals surface area contributed by atoms with Crippen molar-refractivity contribution in [1.29, 1.82) is 0 Å². The Balaban J connectivity index is 0.00000363. The van der Waals surface area contributed by atoms with E-state index in [9.17, 15) is 4.79 Å². The average Bonchev–Trinajstić information content (AvgIpc) is 2.80. The summed E-state index contributed by atoms with van der Waals surface area (Å²) in [5.41, 5.74) is 7.42. The Bertz CT molecular complexity index is 896. The first-order valence-electron chi connectivity index (χ1n) is 10.5. The Kier molecular flexibility index (Phi) is 11.0. The summed E-state index contributed by atoms with van der Waals surface area (Å²) in [6.07, 6.45) is 4.40. The SMILES string of the molecule is CN=C(NCc1cccc(OCC(N)=O)c1)N1CCN(C/C=C/c2ccccc2)CC1.I. The summed E-state index contributed by atoms with van der Waals surface area (Å²) in [4.78, 5) is 20.1. The number of nitrogens with one attached hydrogen (secondary N) is 1. The van der Waals surface area contributed by atoms with E-state index in [4.69, 9.17) is 10.5 Å². The van der Waals surface area contributed by atoms with Crippen LogP contribution in [0.2, 0.25) is 0 Å². The van der Waals surface area contributed by atoms with Crippen LogP contribution in [0.1, 0.15) is 11.1 Å². The van der Waals surface area contributed by atoms with Crippen LogP contribution in [0, 0.1) is 0 Å². The molecule has 1 saturated heterocycles. The Hall–Kier alpha value is -2.59. The van der Waals surface area contributed by atoms with Gasteiger partial charge >= 0.3 is 0 Å². The van der Waals surface area contributed by atoms with Gasteiger partial charge in [-0.2, -0.15) is 0 Å². The molecule has 172 valence electrons. The number of carbonyl (C=O) groups excluding carboxylic acids is 1. The molecule has 8 heteroatoms. The number of rotatable bonds is 8. The zero-order valence-electron chi connectivity index (χ0n) is 18.4. The van der Waals surface area contributed by atoms with E-state index < -0.39 is 5.91 Å². The lowest BCUT2D eigenvalue weighted by Crippen LogP contribution is -2.52. The number of amides is 1. The van der Waals surface area contributed by atoms with Gasteiger partial charge in [0.15, 0.2) is 12.6 Å². The van der Waals surface area contributed by atoms with Gasteiger partial charge in [-0.15, -0.1) is 24.0 Å². The van der Waals surface area contributed by atoms with Crippen LogP contribution in [0.15, 0.2) is 65.7 Å². The topological polar surface area (TPSA) is 83.2 Å². The van der Waals surface area contributed by atoms with E-state index in [0.29, 0.717) is 12.3 Å². The number of nitrogens with zero attached hydrogens (tertiary/aromatic N) is 3. The summed E-state index contributed by atoms with van der Waals surface area (Å²) in [5, 5.41) is 3.42. The van der Waals surface area contributed by atoms with Gasteiger partial charge in [-0.1, -0.05) is 54.6 Å². The van der Waals surface area contributed by atoms with Crippen LogP contribution in [0.3, 0.4) is 0 Å². The van der Waals surface area contributed by atoms with E-state index in [1.54, 1.807) is 0 Å². The highest BCUT2D eigenvalue weighted by Crippen LogP contribution is 2.13. The summed E-state index contributed by atoms with van der Waals surface area (Å²) in [6.45, 7) is 5.31. The van der Waals surface area contributed by atoms with Gasteiger partial charge in [-0.25, -0.2) is 0 Å². The third kappa shape index (κ3) is 8.51. The second-order valence-electron chi connectivity index (χ2n) is 7.40. The lowest BCUT2D eigenvalue weighted by molar-refractivity contribution is -0.119. The molecule has 0 atom stereocenters. The number of carbonyl (C=O) groups is 1. The van der Waals surface area contributed by atoms with Crippen LogP contribution in [-0.4, -0.2) is 68.0 Å². The molecule has 1 aliphatic heterocycles. The van der Waals surface area contributed by atoms with Crippen LogP contribution in [0.4, 0.5) is 0 Å². The summed E-state index contributed by atoms with van der Waals surface area (Å²) in [5.74, 6) is 1.03. The fourth-order valence-electron chi connectivity index (χ4n) is 3.46. The number of guanidine groups is 1. The molecule has 0 aliphatic carbocycles. The second kappa shape index (κ2) is 13.7. The molecule has 32 heavy (non-hydrogen) atoms. The Morgan fingerprint density at radius 3 is 2.56 bits per heavy atom. The lowest BCUT2D eigenvalue weighted by Gasteiger charge is -2.36. The number of primary amides is 1. The molecule has 2 aromatic rings. The molecule has 0 spiro atoms. The van der Waals surface area contributed by atoms with Gasteiger partial charge < -0.3 is 20.7 Å². The van der Waals surface area contributed by atoms with Gasteiger partial charge in [0.1, 0.15) is 5.75 Å². The number of halogens is 1. The van der Waals surface area contributed by atoms with Crippen molar-refractivity contribution in [3.8, 4) is 5.75 Å². The van der Waals surface area contributed by atoms with Gasteiger partial charge in [0, 0.05) is 46.3 Å². The molecule has 0 radical (unpaired) electrons. The fourth-order valence-corrected chi connectivity index (χ4v) is 3.46. The van der Waals surface area contributed by atoms with E-state index in [1.165, 1.54) is 5.56 Å². The molecule has 0 aromatic heterocycles. The lowest BCUT2D eigenvalue weighted by atomic mass is 10.2. The van der Waals surface area contributed by atoms with Gasteiger partial charge in [0.05, 0.1) is 0 Å². The Morgan fingerprint density at radius 1 is 1.12 bits per heavy atom. The standard InChI is InChI=1S/C24H31N5O2.HI/c1-26-24(27-18-21-9-5-11-22(17-21)31-19-23(25)30)29-15-13-28(14-16-29)12-6-10-20-7-3-2-4-8-20;/h2-11,17H,12-16,18-19H2,1H3,(H2,25,30)(H,26,27);1H/b10-6+;. The maximum Gasteiger partial charge on any atom is 0.255 e. The van der Waals surface area contributed by atoms with E-state index >= 15 is 0 Å². The van der Waals surface area contributed by atoms with E-state index in [1.807, 2.05) is 37.4 Å². The fraction of sp³-hybridized carbons (Fsp3) is 0.333. The largest absolute Gasteiger partial charge is 0.484 e. The number of benzene rings is 2. The molecular formula is C24H32IN5O2. The van der Waals surface area contributed by atoms with E-state index in [0.717, 1.165) is 44.2 Å². The molecule has 0 bridgehead atoms. The molecule has 2 aromatic carbocycles. The Labute approximate surface area is 207 Å². The number of ether oxygens (including phenoxy) is 1. The quantitative estimate of drug-likeness (QED) is 0.301. The maximum atomic E-state index is 10.9. The van der Waals surface area contributed by atoms with Crippen molar-refractivity contribution in [3.05, 3.63) is 71.8 Å². The van der Waals surface area contributed by atoms with Crippen LogP contribution in [0.25, 0.3) is 6.08 Å². The zero-order chi connectivity index (χ0) is 21.9. The monoisotopic (exact) mass is 549 g/mol. The van der Waals surface area contributed by atoms with Crippen molar-refractivity contribution in [2.45, 2.75) is 6.54 Å². The first-order chi connectivity index (χ1) is 15.1. The molecule has 1 amide bonds. The number of piperazine rings is 1. The van der Waals surface area contributed by atoms with Crippen molar-refractivity contribution < 1.29 is 9.53 Å². The van der Waals surface area contributed by atoms with Crippen molar-refractivity contribution in [3.63, 3.8) is 0 Å². The van der Waals surface area contributed by atoms with Gasteiger partial charge in [0.25, 0.3) is 5.91 Å². The van der Waals surface area contributed by atoms with Crippen LogP contribution in [0.5, 0.6) is 5.75 Å². The number of aliphatic imine (C=N–C) groups is 1. The summed E-state index contributed by atoms with van der Waals surface area (Å²) < 4.78 is 5.38. The second-order valence-corrected chi connectivity index (χ2v) is 7.40. The molecule has 3 N–H and O–H groups in total. The van der Waals surface area contributed by atoms with Gasteiger partial charge in [-0.3, -0.25) is 14.7 Å². The minimum Gasteiger partial charge on any atom is -0.484 e. The maximum absolute atomic E-state index is 10.9. The van der Waals surface area contributed by atoms with Crippen LogP contribution >= 0.6 is 24.0 Å². The summed E-state index contributed by atoms with van der Waals surface area (Å²) >= 11 is 0.